The number of nitrogens with one attached hydrogen (secondary N) is 1. The van der Waals surface area contributed by atoms with Crippen molar-refractivity contribution in [3.63, 3.8) is 0 Å². The Labute approximate surface area is 156 Å². The maximum absolute atomic E-state index is 11.0. The van der Waals surface area contributed by atoms with Crippen LogP contribution in [0.2, 0.25) is 0 Å². The van der Waals surface area contributed by atoms with E-state index < -0.39 is 10.0 Å². The highest BCUT2D eigenvalue weighted by molar-refractivity contribution is 7.88. The van der Waals surface area contributed by atoms with Crippen LogP contribution in [0, 0.1) is 0 Å². The summed E-state index contributed by atoms with van der Waals surface area (Å²) in [6.45, 7) is 2.88. The minimum absolute atomic E-state index is 0.347. The fourth-order valence-electron chi connectivity index (χ4n) is 2.63. The molecule has 0 spiro atoms. The molecule has 0 atom stereocenters. The van der Waals surface area contributed by atoms with Gasteiger partial charge in [0.25, 0.3) is 0 Å². The Bertz CT molecular complexity index is 1030. The number of pyridine rings is 1. The van der Waals surface area contributed by atoms with Gasteiger partial charge in [-0.05, 0) is 31.4 Å². The van der Waals surface area contributed by atoms with E-state index in [1.54, 1.807) is 11.3 Å². The standard InChI is InChI=1S/C17H22N4O3S2/c1-3-5-14-21-15-16(25-14)12-7-6-11(10-13(12)20-17(15)18)24-9-4-8-19-26(2,22)23/h6-7,10,19H,3-5,8-9H2,1-2H3,(H2,18,20). The number of aromatic nitrogens is 2. The maximum Gasteiger partial charge on any atom is 0.208 e. The van der Waals surface area contributed by atoms with Crippen LogP contribution in [0.25, 0.3) is 21.1 Å². The molecule has 0 fully saturated rings. The second-order valence-electron chi connectivity index (χ2n) is 6.08. The number of fused-ring (bicyclic) bond motifs is 3. The Balaban J connectivity index is 1.77. The summed E-state index contributed by atoms with van der Waals surface area (Å²) in [5.41, 5.74) is 7.63. The fraction of sp³-hybridized carbons (Fsp3) is 0.412. The Morgan fingerprint density at radius 2 is 2.12 bits per heavy atom. The van der Waals surface area contributed by atoms with Gasteiger partial charge in [0.05, 0.1) is 28.1 Å². The molecule has 0 saturated carbocycles. The van der Waals surface area contributed by atoms with E-state index in [1.807, 2.05) is 18.2 Å². The largest absolute Gasteiger partial charge is 0.493 e. The van der Waals surface area contributed by atoms with Crippen LogP contribution >= 0.6 is 11.3 Å². The third kappa shape index (κ3) is 4.40. The van der Waals surface area contributed by atoms with Gasteiger partial charge in [-0.3, -0.25) is 0 Å². The molecule has 0 aliphatic carbocycles. The number of aryl methyl sites for hydroxylation is 1. The molecule has 0 aliphatic heterocycles. The fourth-order valence-corrected chi connectivity index (χ4v) is 4.35. The first kappa shape index (κ1) is 18.8. The average Bonchev–Trinajstić information content (AvgIpc) is 2.98. The van der Waals surface area contributed by atoms with Crippen molar-refractivity contribution in [1.29, 1.82) is 0 Å². The summed E-state index contributed by atoms with van der Waals surface area (Å²) in [6.07, 6.45) is 3.69. The van der Waals surface area contributed by atoms with E-state index in [0.29, 0.717) is 31.1 Å². The lowest BCUT2D eigenvalue weighted by Gasteiger charge is -2.08. The van der Waals surface area contributed by atoms with E-state index in [4.69, 9.17) is 10.5 Å². The van der Waals surface area contributed by atoms with Gasteiger partial charge in [0.15, 0.2) is 5.82 Å². The molecule has 9 heteroatoms. The number of hydrogen-bond donors (Lipinski definition) is 2. The van der Waals surface area contributed by atoms with Crippen molar-refractivity contribution in [1.82, 2.24) is 14.7 Å². The highest BCUT2D eigenvalue weighted by Gasteiger charge is 2.12. The Hall–Kier alpha value is -1.97. The van der Waals surface area contributed by atoms with Crippen molar-refractivity contribution in [2.75, 3.05) is 25.1 Å². The van der Waals surface area contributed by atoms with Gasteiger partial charge in [-0.15, -0.1) is 11.3 Å². The first-order chi connectivity index (χ1) is 12.4. The van der Waals surface area contributed by atoms with Gasteiger partial charge in [-0.25, -0.2) is 23.1 Å². The number of nitrogen functional groups attached to an aromatic ring is 1. The molecular weight excluding hydrogens is 372 g/mol. The van der Waals surface area contributed by atoms with E-state index >= 15 is 0 Å². The zero-order chi connectivity index (χ0) is 18.7. The van der Waals surface area contributed by atoms with Crippen LogP contribution in [-0.2, 0) is 16.4 Å². The van der Waals surface area contributed by atoms with Crippen LogP contribution in [0.4, 0.5) is 5.82 Å². The van der Waals surface area contributed by atoms with Crippen molar-refractivity contribution in [2.45, 2.75) is 26.2 Å². The summed E-state index contributed by atoms with van der Waals surface area (Å²) in [6, 6.07) is 5.72. The third-order valence-electron chi connectivity index (χ3n) is 3.79. The van der Waals surface area contributed by atoms with Crippen LogP contribution in [0.3, 0.4) is 0 Å². The number of benzene rings is 1. The molecule has 0 aliphatic rings. The Morgan fingerprint density at radius 1 is 1.31 bits per heavy atom. The van der Waals surface area contributed by atoms with Gasteiger partial charge in [-0.2, -0.15) is 0 Å². The molecule has 0 unspecified atom stereocenters. The summed E-state index contributed by atoms with van der Waals surface area (Å²) in [4.78, 5) is 9.07. The van der Waals surface area contributed by atoms with Crippen LogP contribution in [0.5, 0.6) is 5.75 Å². The smallest absolute Gasteiger partial charge is 0.208 e. The van der Waals surface area contributed by atoms with E-state index in [2.05, 4.69) is 21.6 Å². The molecule has 7 nitrogen and oxygen atoms in total. The van der Waals surface area contributed by atoms with Crippen LogP contribution in [0.1, 0.15) is 24.8 Å². The maximum atomic E-state index is 11.0. The van der Waals surface area contributed by atoms with Gasteiger partial charge >= 0.3 is 0 Å². The van der Waals surface area contributed by atoms with E-state index in [9.17, 15) is 8.42 Å². The highest BCUT2D eigenvalue weighted by atomic mass is 32.2. The van der Waals surface area contributed by atoms with Crippen molar-refractivity contribution < 1.29 is 13.2 Å². The minimum atomic E-state index is -3.16. The number of sulfonamides is 1. The van der Waals surface area contributed by atoms with E-state index in [-0.39, 0.29) is 0 Å². The quantitative estimate of drug-likeness (QED) is 0.569. The van der Waals surface area contributed by atoms with Crippen LogP contribution in [0.15, 0.2) is 18.2 Å². The molecule has 3 N–H and O–H groups in total. The molecule has 2 aromatic heterocycles. The predicted octanol–water partition coefficient (Wildman–Crippen LogP) is 2.70. The number of nitrogens with zero attached hydrogens (tertiary/aromatic N) is 2. The second-order valence-corrected chi connectivity index (χ2v) is 9.00. The SMILES string of the molecule is CCCc1nc2c(N)nc3cc(OCCCNS(C)(=O)=O)ccc3c2s1. The normalized spacial score (nSPS) is 12.1. The molecule has 3 rings (SSSR count). The number of anilines is 1. The van der Waals surface area contributed by atoms with Crippen molar-refractivity contribution >= 4 is 48.3 Å². The molecule has 0 radical (unpaired) electrons. The zero-order valence-electron chi connectivity index (χ0n) is 14.8. The molecule has 3 aromatic rings. The van der Waals surface area contributed by atoms with Gasteiger partial charge in [0.2, 0.25) is 10.0 Å². The van der Waals surface area contributed by atoms with Crippen LogP contribution < -0.4 is 15.2 Å². The van der Waals surface area contributed by atoms with Gasteiger partial charge in [-0.1, -0.05) is 6.92 Å². The third-order valence-corrected chi connectivity index (χ3v) is 5.66. The monoisotopic (exact) mass is 394 g/mol. The average molecular weight is 395 g/mol. The first-order valence-corrected chi connectivity index (χ1v) is 11.1. The van der Waals surface area contributed by atoms with Crippen molar-refractivity contribution in [3.05, 3.63) is 23.2 Å². The summed E-state index contributed by atoms with van der Waals surface area (Å²) in [5.74, 6) is 1.11. The Kier molecular flexibility index (Phi) is 5.59. The molecule has 1 aromatic carbocycles. The topological polar surface area (TPSA) is 107 Å². The number of rotatable bonds is 8. The Morgan fingerprint density at radius 3 is 2.85 bits per heavy atom. The molecule has 0 amide bonds. The number of nitrogens with two attached hydrogens (primary N) is 1. The molecular formula is C17H22N4O3S2. The van der Waals surface area contributed by atoms with E-state index in [0.717, 1.165) is 45.2 Å². The lowest BCUT2D eigenvalue weighted by molar-refractivity contribution is 0.312. The lowest BCUT2D eigenvalue weighted by Crippen LogP contribution is -2.24. The molecule has 26 heavy (non-hydrogen) atoms. The molecule has 0 saturated heterocycles. The number of ether oxygens (including phenoxy) is 1. The number of hydrogen-bond acceptors (Lipinski definition) is 7. The second kappa shape index (κ2) is 7.73. The van der Waals surface area contributed by atoms with Gasteiger partial charge in [0.1, 0.15) is 11.3 Å². The van der Waals surface area contributed by atoms with Crippen LogP contribution in [-0.4, -0.2) is 37.8 Å². The number of thiazole rings is 1. The lowest BCUT2D eigenvalue weighted by atomic mass is 10.2. The minimum Gasteiger partial charge on any atom is -0.493 e. The highest BCUT2D eigenvalue weighted by Crippen LogP contribution is 2.34. The summed E-state index contributed by atoms with van der Waals surface area (Å²) < 4.78 is 31.2. The summed E-state index contributed by atoms with van der Waals surface area (Å²) in [5, 5.41) is 2.09. The van der Waals surface area contributed by atoms with Crippen molar-refractivity contribution in [3.8, 4) is 5.75 Å². The van der Waals surface area contributed by atoms with E-state index in [1.165, 1.54) is 0 Å². The van der Waals surface area contributed by atoms with Gasteiger partial charge in [0, 0.05) is 18.0 Å². The molecule has 140 valence electrons. The molecule has 2 heterocycles. The summed E-state index contributed by atoms with van der Waals surface area (Å²) >= 11 is 1.66. The first-order valence-electron chi connectivity index (χ1n) is 8.43. The molecule has 0 bridgehead atoms. The zero-order valence-corrected chi connectivity index (χ0v) is 16.4. The van der Waals surface area contributed by atoms with Gasteiger partial charge < -0.3 is 10.5 Å². The predicted molar refractivity (Wildman–Crippen MR) is 106 cm³/mol. The summed E-state index contributed by atoms with van der Waals surface area (Å²) in [7, 11) is -3.16. The van der Waals surface area contributed by atoms with Crippen molar-refractivity contribution in [2.24, 2.45) is 0 Å².